The Kier molecular flexibility index (Phi) is 6.14. The van der Waals surface area contributed by atoms with Crippen molar-refractivity contribution >= 4 is 12.0 Å². The van der Waals surface area contributed by atoms with Crippen molar-refractivity contribution in [1.29, 1.82) is 5.26 Å². The predicted molar refractivity (Wildman–Crippen MR) is 99.7 cm³/mol. The molecule has 0 aliphatic carbocycles. The molecule has 0 bridgehead atoms. The lowest BCUT2D eigenvalue weighted by Gasteiger charge is -2.21. The van der Waals surface area contributed by atoms with Crippen LogP contribution in [0.4, 0.5) is 0 Å². The first-order chi connectivity index (χ1) is 11.9. The van der Waals surface area contributed by atoms with Crippen LogP contribution < -0.4 is 0 Å². The third kappa shape index (κ3) is 5.93. The van der Waals surface area contributed by atoms with Crippen LogP contribution in [0.5, 0.6) is 0 Å². The topological polar surface area (TPSA) is 50.1 Å². The third-order valence-corrected chi connectivity index (χ3v) is 3.58. The van der Waals surface area contributed by atoms with E-state index in [1.54, 1.807) is 6.08 Å². The van der Waals surface area contributed by atoms with Crippen molar-refractivity contribution in [2.45, 2.75) is 38.7 Å². The van der Waals surface area contributed by atoms with Crippen molar-refractivity contribution in [3.8, 4) is 6.07 Å². The molecular formula is C22H23NO2. The normalized spacial score (nSPS) is 13.0. The number of nitriles is 1. The largest absolute Gasteiger partial charge is 0.457 e. The van der Waals surface area contributed by atoms with Crippen LogP contribution in [0.25, 0.3) is 6.08 Å². The highest BCUT2D eigenvalue weighted by molar-refractivity contribution is 5.94. The predicted octanol–water partition coefficient (Wildman–Crippen LogP) is 5.11. The summed E-state index contributed by atoms with van der Waals surface area (Å²) in [5.74, 6) is -0.781. The van der Waals surface area contributed by atoms with Gasteiger partial charge in [0.2, 0.25) is 0 Å². The number of hydrogen-bond acceptors (Lipinski definition) is 3. The first-order valence-corrected chi connectivity index (χ1v) is 8.32. The van der Waals surface area contributed by atoms with Gasteiger partial charge in [-0.2, -0.15) is 5.26 Å². The number of carbonyl (C=O) groups is 1. The fourth-order valence-corrected chi connectivity index (χ4v) is 2.44. The van der Waals surface area contributed by atoms with Gasteiger partial charge in [0.15, 0.2) is 0 Å². The molecule has 0 aromatic heterocycles. The summed E-state index contributed by atoms with van der Waals surface area (Å²) in [5.41, 5.74) is 1.72. The summed E-state index contributed by atoms with van der Waals surface area (Å²) >= 11 is 0. The molecule has 0 fully saturated rings. The molecule has 25 heavy (non-hydrogen) atoms. The van der Waals surface area contributed by atoms with Crippen LogP contribution in [-0.2, 0) is 9.53 Å². The fourth-order valence-electron chi connectivity index (χ4n) is 2.44. The van der Waals surface area contributed by atoms with Gasteiger partial charge in [-0.05, 0) is 44.4 Å². The highest BCUT2D eigenvalue weighted by Crippen LogP contribution is 2.26. The Morgan fingerprint density at radius 1 is 1.08 bits per heavy atom. The molecule has 2 aromatic rings. The van der Waals surface area contributed by atoms with Crippen LogP contribution in [-0.4, -0.2) is 11.6 Å². The van der Waals surface area contributed by atoms with E-state index in [-0.39, 0.29) is 5.97 Å². The SMILES string of the molecule is CC(C)(C)OC(=O)/C(=C/c1ccccc1)CC(C#N)c1ccccc1. The zero-order valence-electron chi connectivity index (χ0n) is 14.9. The molecule has 0 saturated carbocycles. The molecule has 128 valence electrons. The van der Waals surface area contributed by atoms with Gasteiger partial charge in [0.05, 0.1) is 12.0 Å². The first-order valence-electron chi connectivity index (χ1n) is 8.32. The summed E-state index contributed by atoms with van der Waals surface area (Å²) in [7, 11) is 0. The third-order valence-electron chi connectivity index (χ3n) is 3.58. The lowest BCUT2D eigenvalue weighted by molar-refractivity contribution is -0.149. The van der Waals surface area contributed by atoms with Gasteiger partial charge in [-0.3, -0.25) is 0 Å². The Morgan fingerprint density at radius 3 is 2.16 bits per heavy atom. The number of ether oxygens (including phenoxy) is 1. The molecule has 0 amide bonds. The zero-order valence-corrected chi connectivity index (χ0v) is 14.9. The average molecular weight is 333 g/mol. The van der Waals surface area contributed by atoms with Crippen LogP contribution in [0.15, 0.2) is 66.2 Å². The van der Waals surface area contributed by atoms with E-state index < -0.39 is 11.5 Å². The summed E-state index contributed by atoms with van der Waals surface area (Å²) < 4.78 is 5.54. The molecule has 0 N–H and O–H groups in total. The lowest BCUT2D eigenvalue weighted by atomic mass is 9.92. The summed E-state index contributed by atoms with van der Waals surface area (Å²) in [6.07, 6.45) is 2.12. The van der Waals surface area contributed by atoms with Gasteiger partial charge < -0.3 is 4.74 Å². The summed E-state index contributed by atoms with van der Waals surface area (Å²) in [4.78, 5) is 12.6. The second-order valence-electron chi connectivity index (χ2n) is 6.88. The van der Waals surface area contributed by atoms with Crippen LogP contribution in [0.2, 0.25) is 0 Å². The Morgan fingerprint density at radius 2 is 1.64 bits per heavy atom. The van der Waals surface area contributed by atoms with Crippen LogP contribution in [0.1, 0.15) is 44.2 Å². The summed E-state index contributed by atoms with van der Waals surface area (Å²) in [6, 6.07) is 21.4. The van der Waals surface area contributed by atoms with Crippen LogP contribution in [0.3, 0.4) is 0 Å². The molecule has 1 unspecified atom stereocenters. The van der Waals surface area contributed by atoms with Gasteiger partial charge in [-0.25, -0.2) is 4.79 Å². The highest BCUT2D eigenvalue weighted by atomic mass is 16.6. The van der Waals surface area contributed by atoms with Gasteiger partial charge in [0.1, 0.15) is 5.60 Å². The van der Waals surface area contributed by atoms with E-state index in [0.29, 0.717) is 12.0 Å². The molecule has 0 radical (unpaired) electrons. The highest BCUT2D eigenvalue weighted by Gasteiger charge is 2.23. The van der Waals surface area contributed by atoms with Gasteiger partial charge in [-0.1, -0.05) is 60.7 Å². The average Bonchev–Trinajstić information content (AvgIpc) is 2.58. The molecule has 0 heterocycles. The second-order valence-corrected chi connectivity index (χ2v) is 6.88. The van der Waals surface area contributed by atoms with Crippen LogP contribution in [0, 0.1) is 11.3 Å². The number of hydrogen-bond donors (Lipinski definition) is 0. The maximum atomic E-state index is 12.6. The summed E-state index contributed by atoms with van der Waals surface area (Å²) in [6.45, 7) is 5.51. The molecule has 3 nitrogen and oxygen atoms in total. The number of benzene rings is 2. The van der Waals surface area contributed by atoms with Gasteiger partial charge >= 0.3 is 5.97 Å². The Balaban J connectivity index is 2.33. The number of esters is 1. The quantitative estimate of drug-likeness (QED) is 0.564. The van der Waals surface area contributed by atoms with E-state index in [4.69, 9.17) is 4.74 Å². The number of carbonyl (C=O) groups excluding carboxylic acids is 1. The Bertz CT molecular complexity index is 765. The molecule has 0 saturated heterocycles. The molecule has 0 aliphatic rings. The minimum absolute atomic E-state index is 0.310. The molecule has 3 heteroatoms. The zero-order chi connectivity index (χ0) is 18.3. The minimum atomic E-state index is -0.582. The van der Waals surface area contributed by atoms with Crippen molar-refractivity contribution in [1.82, 2.24) is 0 Å². The van der Waals surface area contributed by atoms with Gasteiger partial charge in [0.25, 0.3) is 0 Å². The first kappa shape index (κ1) is 18.5. The Labute approximate surface area is 149 Å². The fraction of sp³-hybridized carbons (Fsp3) is 0.273. The van der Waals surface area contributed by atoms with Gasteiger partial charge in [-0.15, -0.1) is 0 Å². The second kappa shape index (κ2) is 8.30. The number of nitrogens with zero attached hydrogens (tertiary/aromatic N) is 1. The van der Waals surface area contributed by atoms with Crippen molar-refractivity contribution in [2.24, 2.45) is 0 Å². The van der Waals surface area contributed by atoms with Crippen molar-refractivity contribution < 1.29 is 9.53 Å². The minimum Gasteiger partial charge on any atom is -0.457 e. The molecule has 2 aromatic carbocycles. The van der Waals surface area contributed by atoms with Gasteiger partial charge in [0, 0.05) is 5.57 Å². The van der Waals surface area contributed by atoms with E-state index in [9.17, 15) is 10.1 Å². The molecular weight excluding hydrogens is 310 g/mol. The van der Waals surface area contributed by atoms with E-state index in [0.717, 1.165) is 11.1 Å². The number of rotatable bonds is 5. The van der Waals surface area contributed by atoms with Crippen molar-refractivity contribution in [2.75, 3.05) is 0 Å². The maximum Gasteiger partial charge on any atom is 0.334 e. The standard InChI is InChI=1S/C22H23NO2/c1-22(2,3)25-21(24)19(14-17-10-6-4-7-11-17)15-20(16-23)18-12-8-5-9-13-18/h4-14,20H,15H2,1-3H3/b19-14+. The van der Waals surface area contributed by atoms with E-state index in [1.165, 1.54) is 0 Å². The van der Waals surface area contributed by atoms with E-state index >= 15 is 0 Å². The molecule has 0 spiro atoms. The van der Waals surface area contributed by atoms with E-state index in [2.05, 4.69) is 6.07 Å². The monoisotopic (exact) mass is 333 g/mol. The van der Waals surface area contributed by atoms with Crippen molar-refractivity contribution in [3.63, 3.8) is 0 Å². The smallest absolute Gasteiger partial charge is 0.334 e. The van der Waals surface area contributed by atoms with Crippen LogP contribution >= 0.6 is 0 Å². The maximum absolute atomic E-state index is 12.6. The molecule has 0 aliphatic heterocycles. The lowest BCUT2D eigenvalue weighted by Crippen LogP contribution is -2.25. The van der Waals surface area contributed by atoms with Crippen molar-refractivity contribution in [3.05, 3.63) is 77.4 Å². The molecule has 1 atom stereocenters. The Hall–Kier alpha value is -2.86. The van der Waals surface area contributed by atoms with E-state index in [1.807, 2.05) is 81.4 Å². The molecule has 2 rings (SSSR count). The summed E-state index contributed by atoms with van der Waals surface area (Å²) in [5, 5.41) is 9.58.